The molecule has 132 valence electrons. The van der Waals surface area contributed by atoms with Crippen LogP contribution in [0.25, 0.3) is 11.0 Å². The Balaban J connectivity index is 1.62. The van der Waals surface area contributed by atoms with Gasteiger partial charge in [0.25, 0.3) is 10.0 Å². The zero-order chi connectivity index (χ0) is 18.7. The molecular weight excluding hydrogens is 358 g/mol. The van der Waals surface area contributed by atoms with E-state index >= 15 is 0 Å². The summed E-state index contributed by atoms with van der Waals surface area (Å²) in [6.07, 6.45) is 1.62. The minimum Gasteiger partial charge on any atom is -0.280 e. The van der Waals surface area contributed by atoms with Crippen LogP contribution in [0.5, 0.6) is 0 Å². The fourth-order valence-electron chi connectivity index (χ4n) is 2.63. The number of aromatic nitrogens is 2. The first-order valence-electron chi connectivity index (χ1n) is 8.24. The maximum absolute atomic E-state index is 12.4. The second kappa shape index (κ2) is 6.98. The minimum absolute atomic E-state index is 0.212. The molecule has 1 aromatic heterocycles. The number of benzene rings is 3. The van der Waals surface area contributed by atoms with Crippen LogP contribution < -0.4 is 4.72 Å². The van der Waals surface area contributed by atoms with Crippen molar-refractivity contribution in [2.24, 2.45) is 0 Å². The average molecular weight is 373 g/mol. The van der Waals surface area contributed by atoms with E-state index in [2.05, 4.69) is 21.7 Å². The lowest BCUT2D eigenvalue weighted by Gasteiger charge is -2.08. The predicted octanol–water partition coefficient (Wildman–Crippen LogP) is 3.69. The summed E-state index contributed by atoms with van der Waals surface area (Å²) in [5, 5.41) is 0. The molecule has 5 nitrogen and oxygen atoms in total. The second-order valence-corrected chi connectivity index (χ2v) is 7.52. The van der Waals surface area contributed by atoms with Gasteiger partial charge in [-0.2, -0.15) is 0 Å². The van der Waals surface area contributed by atoms with Crippen molar-refractivity contribution in [2.45, 2.75) is 4.90 Å². The fraction of sp³-hybridized carbons (Fsp3) is 0. The molecule has 4 rings (SSSR count). The summed E-state index contributed by atoms with van der Waals surface area (Å²) in [6, 6.07) is 26.1. The quantitative estimate of drug-likeness (QED) is 0.557. The molecule has 0 radical (unpaired) electrons. The van der Waals surface area contributed by atoms with E-state index in [9.17, 15) is 8.42 Å². The van der Waals surface area contributed by atoms with Crippen molar-refractivity contribution < 1.29 is 8.42 Å². The molecule has 0 spiro atoms. The SMILES string of the molecule is O=S(=O)(Nc1ccc2c(c1)ncn2C#Cc1ccccc1)c1ccccc1. The van der Waals surface area contributed by atoms with Crippen molar-refractivity contribution in [3.8, 4) is 12.0 Å². The first-order chi connectivity index (χ1) is 13.1. The number of hydrogen-bond acceptors (Lipinski definition) is 3. The zero-order valence-electron chi connectivity index (χ0n) is 14.2. The molecule has 4 aromatic rings. The third kappa shape index (κ3) is 3.68. The highest BCUT2D eigenvalue weighted by Gasteiger charge is 2.14. The highest BCUT2D eigenvalue weighted by Crippen LogP contribution is 2.21. The van der Waals surface area contributed by atoms with E-state index in [0.29, 0.717) is 11.2 Å². The molecule has 6 heteroatoms. The monoisotopic (exact) mass is 373 g/mol. The van der Waals surface area contributed by atoms with E-state index in [1.54, 1.807) is 59.4 Å². The van der Waals surface area contributed by atoms with Crippen LogP contribution in [0.2, 0.25) is 0 Å². The van der Waals surface area contributed by atoms with Gasteiger partial charge in [0.1, 0.15) is 6.33 Å². The van der Waals surface area contributed by atoms with Crippen molar-refractivity contribution in [3.05, 3.63) is 90.8 Å². The highest BCUT2D eigenvalue weighted by molar-refractivity contribution is 7.92. The smallest absolute Gasteiger partial charge is 0.261 e. The van der Waals surface area contributed by atoms with Gasteiger partial charge in [0, 0.05) is 11.6 Å². The van der Waals surface area contributed by atoms with Crippen LogP contribution in [-0.2, 0) is 10.0 Å². The Morgan fingerprint density at radius 1 is 0.889 bits per heavy atom. The molecule has 0 bridgehead atoms. The van der Waals surface area contributed by atoms with Crippen LogP contribution >= 0.6 is 0 Å². The molecule has 0 fully saturated rings. The van der Waals surface area contributed by atoms with Crippen LogP contribution in [-0.4, -0.2) is 18.0 Å². The topological polar surface area (TPSA) is 64.0 Å². The number of hydrogen-bond donors (Lipinski definition) is 1. The average Bonchev–Trinajstić information content (AvgIpc) is 3.10. The highest BCUT2D eigenvalue weighted by atomic mass is 32.2. The molecule has 0 amide bonds. The maximum Gasteiger partial charge on any atom is 0.261 e. The summed E-state index contributed by atoms with van der Waals surface area (Å²) in [4.78, 5) is 4.53. The predicted molar refractivity (Wildman–Crippen MR) is 106 cm³/mol. The normalized spacial score (nSPS) is 11.0. The summed E-state index contributed by atoms with van der Waals surface area (Å²) in [5.41, 5.74) is 2.82. The Morgan fingerprint density at radius 3 is 2.33 bits per heavy atom. The van der Waals surface area contributed by atoms with E-state index in [1.165, 1.54) is 0 Å². The van der Waals surface area contributed by atoms with Gasteiger partial charge in [-0.25, -0.2) is 13.4 Å². The number of imidazole rings is 1. The fourth-order valence-corrected chi connectivity index (χ4v) is 3.70. The number of nitrogens with zero attached hydrogens (tertiary/aromatic N) is 2. The van der Waals surface area contributed by atoms with Gasteiger partial charge in [-0.1, -0.05) is 36.4 Å². The summed E-state index contributed by atoms with van der Waals surface area (Å²) >= 11 is 0. The number of anilines is 1. The van der Waals surface area contributed by atoms with Gasteiger partial charge in [-0.05, 0) is 48.4 Å². The lowest BCUT2D eigenvalue weighted by atomic mass is 10.2. The van der Waals surface area contributed by atoms with Gasteiger partial charge in [-0.15, -0.1) is 0 Å². The first-order valence-corrected chi connectivity index (χ1v) is 9.72. The molecule has 0 aliphatic carbocycles. The van der Waals surface area contributed by atoms with E-state index in [1.807, 2.05) is 30.3 Å². The number of nitrogens with one attached hydrogen (secondary N) is 1. The van der Waals surface area contributed by atoms with Gasteiger partial charge in [0.05, 0.1) is 21.6 Å². The van der Waals surface area contributed by atoms with Gasteiger partial charge in [0.15, 0.2) is 0 Å². The molecule has 1 N–H and O–H groups in total. The third-order valence-corrected chi connectivity index (χ3v) is 5.34. The Kier molecular flexibility index (Phi) is 4.37. The van der Waals surface area contributed by atoms with E-state index < -0.39 is 10.0 Å². The van der Waals surface area contributed by atoms with E-state index in [0.717, 1.165) is 11.1 Å². The summed E-state index contributed by atoms with van der Waals surface area (Å²) in [6.45, 7) is 0. The molecule has 0 saturated carbocycles. The van der Waals surface area contributed by atoms with Crippen molar-refractivity contribution >= 4 is 26.7 Å². The maximum atomic E-state index is 12.4. The Bertz CT molecular complexity index is 1250. The summed E-state index contributed by atoms with van der Waals surface area (Å²) < 4.78 is 29.2. The third-order valence-electron chi connectivity index (χ3n) is 3.95. The Hall–Kier alpha value is -3.56. The zero-order valence-corrected chi connectivity index (χ0v) is 15.0. The first kappa shape index (κ1) is 16.9. The standard InChI is InChI=1S/C21H15N3O2S/c25-27(26,19-9-5-2-6-10-19)23-18-11-12-21-20(15-18)22-16-24(21)14-13-17-7-3-1-4-8-17/h1-12,15-16,23H. The van der Waals surface area contributed by atoms with Crippen LogP contribution in [0, 0.1) is 12.0 Å². The van der Waals surface area contributed by atoms with Gasteiger partial charge in [0.2, 0.25) is 0 Å². The Labute approximate surface area is 157 Å². The molecular formula is C21H15N3O2S. The lowest BCUT2D eigenvalue weighted by molar-refractivity contribution is 0.601. The molecule has 1 heterocycles. The minimum atomic E-state index is -3.63. The molecule has 0 aliphatic rings. The van der Waals surface area contributed by atoms with Crippen molar-refractivity contribution in [1.29, 1.82) is 0 Å². The van der Waals surface area contributed by atoms with E-state index in [-0.39, 0.29) is 4.90 Å². The molecule has 0 saturated heterocycles. The van der Waals surface area contributed by atoms with E-state index in [4.69, 9.17) is 0 Å². The molecule has 0 atom stereocenters. The van der Waals surface area contributed by atoms with Crippen LogP contribution in [0.15, 0.2) is 90.1 Å². The van der Waals surface area contributed by atoms with Crippen LogP contribution in [0.4, 0.5) is 5.69 Å². The molecule has 0 unspecified atom stereocenters. The van der Waals surface area contributed by atoms with Crippen molar-refractivity contribution in [2.75, 3.05) is 4.72 Å². The summed E-state index contributed by atoms with van der Waals surface area (Å²) in [7, 11) is -3.63. The molecule has 27 heavy (non-hydrogen) atoms. The number of rotatable bonds is 3. The summed E-state index contributed by atoms with van der Waals surface area (Å²) in [5.74, 6) is 3.07. The Morgan fingerprint density at radius 2 is 1.59 bits per heavy atom. The van der Waals surface area contributed by atoms with Crippen LogP contribution in [0.3, 0.4) is 0 Å². The second-order valence-electron chi connectivity index (χ2n) is 5.84. The van der Waals surface area contributed by atoms with Crippen LogP contribution in [0.1, 0.15) is 5.56 Å². The molecule has 3 aromatic carbocycles. The van der Waals surface area contributed by atoms with Gasteiger partial charge >= 0.3 is 0 Å². The number of fused-ring (bicyclic) bond motifs is 1. The lowest BCUT2D eigenvalue weighted by Crippen LogP contribution is -2.12. The van der Waals surface area contributed by atoms with Gasteiger partial charge < -0.3 is 0 Å². The number of sulfonamides is 1. The largest absolute Gasteiger partial charge is 0.280 e. The van der Waals surface area contributed by atoms with Crippen molar-refractivity contribution in [3.63, 3.8) is 0 Å². The van der Waals surface area contributed by atoms with Gasteiger partial charge in [-0.3, -0.25) is 9.29 Å². The van der Waals surface area contributed by atoms with Crippen molar-refractivity contribution in [1.82, 2.24) is 9.55 Å². The molecule has 0 aliphatic heterocycles.